The normalized spacial score (nSPS) is 12.6. The Morgan fingerprint density at radius 3 is 2.56 bits per heavy atom. The molecule has 2 unspecified atom stereocenters. The van der Waals surface area contributed by atoms with Crippen LogP contribution in [0.2, 0.25) is 0 Å². The van der Waals surface area contributed by atoms with E-state index in [1.807, 2.05) is 33.0 Å². The highest BCUT2D eigenvalue weighted by Crippen LogP contribution is 2.12. The molecule has 0 aliphatic rings. The van der Waals surface area contributed by atoms with Gasteiger partial charge in [0, 0.05) is 25.0 Å². The van der Waals surface area contributed by atoms with Gasteiger partial charge in [-0.3, -0.25) is 9.78 Å². The van der Waals surface area contributed by atoms with Crippen molar-refractivity contribution in [1.82, 2.24) is 15.6 Å². The molecule has 0 aliphatic carbocycles. The van der Waals surface area contributed by atoms with Crippen LogP contribution in [0.3, 0.4) is 0 Å². The monoisotopic (exact) mass is 293 g/mol. The minimum absolute atomic E-state index is 0. The van der Waals surface area contributed by atoms with Crippen molar-refractivity contribution in [3.05, 3.63) is 30.1 Å². The third kappa shape index (κ3) is 6.19. The van der Waals surface area contributed by atoms with Crippen LogP contribution in [-0.4, -0.2) is 30.5 Å². The van der Waals surface area contributed by atoms with E-state index in [1.165, 1.54) is 0 Å². The first-order valence-corrected chi connectivity index (χ1v) is 5.50. The summed E-state index contributed by atoms with van der Waals surface area (Å²) in [5, 5.41) is 5.97. The first-order chi connectivity index (χ1) is 7.65. The van der Waals surface area contributed by atoms with Gasteiger partial charge >= 0.3 is 0 Å². The van der Waals surface area contributed by atoms with Crippen LogP contribution in [-0.2, 0) is 4.79 Å². The van der Waals surface area contributed by atoms with Crippen molar-refractivity contribution in [3.63, 3.8) is 0 Å². The first-order valence-electron chi connectivity index (χ1n) is 5.50. The second-order valence-corrected chi connectivity index (χ2v) is 3.94. The van der Waals surface area contributed by atoms with E-state index in [0.29, 0.717) is 6.54 Å². The number of pyridine rings is 1. The summed E-state index contributed by atoms with van der Waals surface area (Å²) < 4.78 is 0. The molecule has 0 aromatic carbocycles. The molecular formula is C12H21Cl2N3O. The Hall–Kier alpha value is -0.840. The number of carbonyl (C=O) groups excluding carboxylic acids is 1. The molecule has 1 rings (SSSR count). The molecule has 0 saturated heterocycles. The number of amides is 1. The van der Waals surface area contributed by atoms with Crippen LogP contribution in [0.4, 0.5) is 0 Å². The zero-order chi connectivity index (χ0) is 12.0. The van der Waals surface area contributed by atoms with Crippen LogP contribution >= 0.6 is 24.8 Å². The number of rotatable bonds is 5. The van der Waals surface area contributed by atoms with Gasteiger partial charge in [-0.2, -0.15) is 0 Å². The highest BCUT2D eigenvalue weighted by molar-refractivity contribution is 5.85. The highest BCUT2D eigenvalue weighted by Gasteiger charge is 2.15. The summed E-state index contributed by atoms with van der Waals surface area (Å²) in [6.07, 6.45) is 3.43. The summed E-state index contributed by atoms with van der Waals surface area (Å²) in [6, 6.07) is 4.04. The molecule has 0 spiro atoms. The number of halogens is 2. The van der Waals surface area contributed by atoms with Gasteiger partial charge in [-0.1, -0.05) is 6.07 Å². The Bertz CT molecular complexity index is 335. The zero-order valence-electron chi connectivity index (χ0n) is 10.8. The number of nitrogens with zero attached hydrogens (tertiary/aromatic N) is 1. The lowest BCUT2D eigenvalue weighted by molar-refractivity contribution is -0.122. The Morgan fingerprint density at radius 2 is 2.06 bits per heavy atom. The van der Waals surface area contributed by atoms with Gasteiger partial charge in [0.25, 0.3) is 0 Å². The fourth-order valence-corrected chi connectivity index (χ4v) is 1.29. The molecule has 18 heavy (non-hydrogen) atoms. The second-order valence-electron chi connectivity index (χ2n) is 3.94. The van der Waals surface area contributed by atoms with E-state index < -0.39 is 0 Å². The smallest absolute Gasteiger partial charge is 0.227 e. The minimum Gasteiger partial charge on any atom is -0.354 e. The van der Waals surface area contributed by atoms with Gasteiger partial charge in [0.15, 0.2) is 0 Å². The van der Waals surface area contributed by atoms with Crippen LogP contribution in [0.5, 0.6) is 0 Å². The molecule has 4 nitrogen and oxygen atoms in total. The molecule has 0 aliphatic heterocycles. The number of hydrogen-bond acceptors (Lipinski definition) is 3. The van der Waals surface area contributed by atoms with E-state index in [1.54, 1.807) is 12.4 Å². The van der Waals surface area contributed by atoms with Gasteiger partial charge in [0.1, 0.15) is 0 Å². The van der Waals surface area contributed by atoms with Crippen molar-refractivity contribution in [2.45, 2.75) is 25.8 Å². The van der Waals surface area contributed by atoms with E-state index in [0.717, 1.165) is 5.56 Å². The molecular weight excluding hydrogens is 273 g/mol. The van der Waals surface area contributed by atoms with Crippen molar-refractivity contribution >= 4 is 30.7 Å². The molecule has 0 radical (unpaired) electrons. The number of likely N-dealkylation sites (N-methyl/N-ethyl adjacent to an activating group) is 1. The average molecular weight is 294 g/mol. The molecule has 0 saturated carbocycles. The summed E-state index contributed by atoms with van der Waals surface area (Å²) in [5.74, 6) is -0.118. The fraction of sp³-hybridized carbons (Fsp3) is 0.500. The van der Waals surface area contributed by atoms with Crippen molar-refractivity contribution in [3.8, 4) is 0 Å². The summed E-state index contributed by atoms with van der Waals surface area (Å²) >= 11 is 0. The second kappa shape index (κ2) is 10.1. The molecule has 2 N–H and O–H groups in total. The van der Waals surface area contributed by atoms with E-state index in [2.05, 4.69) is 15.6 Å². The lowest BCUT2D eigenvalue weighted by Gasteiger charge is -2.15. The predicted molar refractivity (Wildman–Crippen MR) is 78.7 cm³/mol. The zero-order valence-corrected chi connectivity index (χ0v) is 12.5. The topological polar surface area (TPSA) is 54.0 Å². The van der Waals surface area contributed by atoms with Gasteiger partial charge in [-0.05, 0) is 32.5 Å². The summed E-state index contributed by atoms with van der Waals surface area (Å²) in [5.41, 5.74) is 0.942. The third-order valence-electron chi connectivity index (χ3n) is 2.65. The standard InChI is InChI=1S/C12H19N3O.2ClH/c1-9(13-3)7-15-12(16)10(2)11-5-4-6-14-8-11;;/h4-6,8-10,13H,7H2,1-3H3,(H,15,16);2*1H. The molecule has 104 valence electrons. The Balaban J connectivity index is 0. The summed E-state index contributed by atoms with van der Waals surface area (Å²) in [4.78, 5) is 15.8. The van der Waals surface area contributed by atoms with Crippen LogP contribution in [0, 0.1) is 0 Å². The van der Waals surface area contributed by atoms with E-state index >= 15 is 0 Å². The molecule has 6 heteroatoms. The maximum Gasteiger partial charge on any atom is 0.227 e. The maximum absolute atomic E-state index is 11.8. The molecule has 1 aromatic heterocycles. The van der Waals surface area contributed by atoms with Crippen LogP contribution in [0.1, 0.15) is 25.3 Å². The summed E-state index contributed by atoms with van der Waals surface area (Å²) in [7, 11) is 1.88. The van der Waals surface area contributed by atoms with Crippen molar-refractivity contribution < 1.29 is 4.79 Å². The van der Waals surface area contributed by atoms with Gasteiger partial charge in [-0.15, -0.1) is 24.8 Å². The fourth-order valence-electron chi connectivity index (χ4n) is 1.29. The van der Waals surface area contributed by atoms with Crippen LogP contribution < -0.4 is 10.6 Å². The molecule has 2 atom stereocenters. The largest absolute Gasteiger partial charge is 0.354 e. The van der Waals surface area contributed by atoms with E-state index in [4.69, 9.17) is 0 Å². The van der Waals surface area contributed by atoms with E-state index in [-0.39, 0.29) is 42.7 Å². The third-order valence-corrected chi connectivity index (χ3v) is 2.65. The number of aromatic nitrogens is 1. The number of carbonyl (C=O) groups is 1. The SMILES string of the molecule is CNC(C)CNC(=O)C(C)c1cccnc1.Cl.Cl. The lowest BCUT2D eigenvalue weighted by atomic mass is 10.0. The van der Waals surface area contributed by atoms with Crippen molar-refractivity contribution in [2.24, 2.45) is 0 Å². The van der Waals surface area contributed by atoms with Crippen LogP contribution in [0.25, 0.3) is 0 Å². The minimum atomic E-state index is -0.155. The number of hydrogen-bond donors (Lipinski definition) is 2. The molecule has 0 bridgehead atoms. The predicted octanol–water partition coefficient (Wildman–Crippen LogP) is 1.75. The molecule has 0 fully saturated rings. The Kier molecular flexibility index (Phi) is 11.0. The summed E-state index contributed by atoms with van der Waals surface area (Å²) in [6.45, 7) is 4.55. The van der Waals surface area contributed by atoms with Gasteiger partial charge in [0.05, 0.1) is 5.92 Å². The van der Waals surface area contributed by atoms with E-state index in [9.17, 15) is 4.79 Å². The maximum atomic E-state index is 11.8. The van der Waals surface area contributed by atoms with Crippen LogP contribution in [0.15, 0.2) is 24.5 Å². The van der Waals surface area contributed by atoms with Gasteiger partial charge < -0.3 is 10.6 Å². The van der Waals surface area contributed by atoms with Crippen molar-refractivity contribution in [2.75, 3.05) is 13.6 Å². The molecule has 1 heterocycles. The first kappa shape index (κ1) is 19.5. The Morgan fingerprint density at radius 1 is 1.39 bits per heavy atom. The molecule has 1 aromatic rings. The highest BCUT2D eigenvalue weighted by atomic mass is 35.5. The van der Waals surface area contributed by atoms with Gasteiger partial charge in [-0.25, -0.2) is 0 Å². The Labute approximate surface area is 121 Å². The molecule has 1 amide bonds. The average Bonchev–Trinajstić information content (AvgIpc) is 2.35. The van der Waals surface area contributed by atoms with Crippen molar-refractivity contribution in [1.29, 1.82) is 0 Å². The number of nitrogens with one attached hydrogen (secondary N) is 2. The lowest BCUT2D eigenvalue weighted by Crippen LogP contribution is -2.38. The van der Waals surface area contributed by atoms with Gasteiger partial charge in [0.2, 0.25) is 5.91 Å². The quantitative estimate of drug-likeness (QED) is 0.870.